The van der Waals surface area contributed by atoms with Crippen molar-refractivity contribution in [1.29, 1.82) is 0 Å². The summed E-state index contributed by atoms with van der Waals surface area (Å²) in [7, 11) is 1.87. The third kappa shape index (κ3) is 5.71. The van der Waals surface area contributed by atoms with Gasteiger partial charge in [-0.15, -0.1) is 12.4 Å². The molecule has 0 aliphatic heterocycles. The summed E-state index contributed by atoms with van der Waals surface area (Å²) in [4.78, 5) is 11.5. The minimum absolute atomic E-state index is 0. The molecule has 0 radical (unpaired) electrons. The van der Waals surface area contributed by atoms with E-state index < -0.39 is 0 Å². The smallest absolute Gasteiger partial charge is 0.221 e. The SMILES string of the molecule is CNCCC(=O)NC1CCC(C)(C)CC1.Cl. The molecule has 1 amide bonds. The van der Waals surface area contributed by atoms with Gasteiger partial charge in [0, 0.05) is 19.0 Å². The second kappa shape index (κ2) is 7.13. The van der Waals surface area contributed by atoms with Gasteiger partial charge < -0.3 is 10.6 Å². The lowest BCUT2D eigenvalue weighted by Crippen LogP contribution is -2.40. The summed E-state index contributed by atoms with van der Waals surface area (Å²) in [6.07, 6.45) is 5.32. The van der Waals surface area contributed by atoms with Crippen LogP contribution in [0.2, 0.25) is 0 Å². The quantitative estimate of drug-likeness (QED) is 0.800. The van der Waals surface area contributed by atoms with Gasteiger partial charge in [-0.1, -0.05) is 13.8 Å². The number of hydrogen-bond acceptors (Lipinski definition) is 2. The molecule has 3 nitrogen and oxygen atoms in total. The molecule has 1 aliphatic rings. The summed E-state index contributed by atoms with van der Waals surface area (Å²) in [6.45, 7) is 5.39. The minimum atomic E-state index is 0. The average Bonchev–Trinajstić information content (AvgIpc) is 2.18. The molecule has 0 bridgehead atoms. The van der Waals surface area contributed by atoms with Crippen LogP contribution in [0.1, 0.15) is 46.0 Å². The maximum absolute atomic E-state index is 11.5. The van der Waals surface area contributed by atoms with Crippen LogP contribution in [0.5, 0.6) is 0 Å². The molecule has 0 heterocycles. The molecule has 0 atom stereocenters. The molecular weight excluding hydrogens is 224 g/mol. The van der Waals surface area contributed by atoms with Gasteiger partial charge in [-0.25, -0.2) is 0 Å². The molecule has 1 fully saturated rings. The lowest BCUT2D eigenvalue weighted by atomic mass is 9.75. The highest BCUT2D eigenvalue weighted by molar-refractivity contribution is 5.85. The Balaban J connectivity index is 0.00000225. The Morgan fingerprint density at radius 2 is 1.88 bits per heavy atom. The Labute approximate surface area is 105 Å². The lowest BCUT2D eigenvalue weighted by molar-refractivity contribution is -0.122. The van der Waals surface area contributed by atoms with Gasteiger partial charge in [-0.05, 0) is 38.1 Å². The van der Waals surface area contributed by atoms with Crippen LogP contribution in [0, 0.1) is 5.41 Å². The van der Waals surface area contributed by atoms with E-state index in [1.54, 1.807) is 0 Å². The molecule has 0 aromatic carbocycles. The van der Waals surface area contributed by atoms with E-state index in [9.17, 15) is 4.79 Å². The standard InChI is InChI=1S/C12H24N2O.ClH/c1-12(2)7-4-10(5-8-12)14-11(15)6-9-13-3;/h10,13H,4-9H2,1-3H3,(H,14,15);1H. The normalized spacial score (nSPS) is 19.9. The Hall–Kier alpha value is -0.280. The number of hydrogen-bond donors (Lipinski definition) is 2. The fourth-order valence-electron chi connectivity index (χ4n) is 2.08. The number of halogens is 1. The first-order valence-corrected chi connectivity index (χ1v) is 5.97. The summed E-state index contributed by atoms with van der Waals surface area (Å²) >= 11 is 0. The predicted octanol–water partition coefficient (Wildman–Crippen LogP) is 2.10. The van der Waals surface area contributed by atoms with Crippen molar-refractivity contribution in [1.82, 2.24) is 10.6 Å². The molecule has 0 saturated heterocycles. The van der Waals surface area contributed by atoms with Crippen LogP contribution >= 0.6 is 12.4 Å². The molecule has 0 spiro atoms. The Bertz CT molecular complexity index is 209. The Morgan fingerprint density at radius 3 is 2.38 bits per heavy atom. The Kier molecular flexibility index (Phi) is 7.00. The van der Waals surface area contributed by atoms with E-state index >= 15 is 0 Å². The van der Waals surface area contributed by atoms with E-state index in [-0.39, 0.29) is 18.3 Å². The van der Waals surface area contributed by atoms with Crippen LogP contribution < -0.4 is 10.6 Å². The average molecular weight is 249 g/mol. The predicted molar refractivity (Wildman–Crippen MR) is 70.0 cm³/mol. The van der Waals surface area contributed by atoms with Gasteiger partial charge in [0.15, 0.2) is 0 Å². The number of amides is 1. The number of nitrogens with one attached hydrogen (secondary N) is 2. The van der Waals surface area contributed by atoms with E-state index in [4.69, 9.17) is 0 Å². The fourth-order valence-corrected chi connectivity index (χ4v) is 2.08. The van der Waals surface area contributed by atoms with Crippen molar-refractivity contribution >= 4 is 18.3 Å². The lowest BCUT2D eigenvalue weighted by Gasteiger charge is -2.34. The topological polar surface area (TPSA) is 41.1 Å². The minimum Gasteiger partial charge on any atom is -0.353 e. The zero-order valence-electron chi connectivity index (χ0n) is 10.6. The van der Waals surface area contributed by atoms with Gasteiger partial charge in [0.05, 0.1) is 0 Å². The molecule has 0 unspecified atom stereocenters. The molecule has 1 saturated carbocycles. The summed E-state index contributed by atoms with van der Waals surface area (Å²) in [5, 5.41) is 6.10. The summed E-state index contributed by atoms with van der Waals surface area (Å²) in [6, 6.07) is 0.419. The van der Waals surface area contributed by atoms with E-state index in [0.717, 1.165) is 19.4 Å². The van der Waals surface area contributed by atoms with E-state index in [1.165, 1.54) is 12.8 Å². The zero-order valence-corrected chi connectivity index (χ0v) is 11.5. The molecule has 1 rings (SSSR count). The molecule has 0 aromatic rings. The highest BCUT2D eigenvalue weighted by Crippen LogP contribution is 2.34. The van der Waals surface area contributed by atoms with E-state index in [2.05, 4.69) is 24.5 Å². The van der Waals surface area contributed by atoms with Crippen LogP contribution in [0.3, 0.4) is 0 Å². The van der Waals surface area contributed by atoms with Gasteiger partial charge in [0.25, 0.3) is 0 Å². The van der Waals surface area contributed by atoms with E-state index in [0.29, 0.717) is 17.9 Å². The van der Waals surface area contributed by atoms with Crippen LogP contribution in [-0.2, 0) is 4.79 Å². The molecule has 16 heavy (non-hydrogen) atoms. The zero-order chi connectivity index (χ0) is 11.3. The summed E-state index contributed by atoms with van der Waals surface area (Å²) in [5.41, 5.74) is 0.478. The molecule has 1 aliphatic carbocycles. The van der Waals surface area contributed by atoms with Crippen LogP contribution in [-0.4, -0.2) is 25.5 Å². The number of rotatable bonds is 4. The van der Waals surface area contributed by atoms with Crippen molar-refractivity contribution in [3.8, 4) is 0 Å². The first-order valence-electron chi connectivity index (χ1n) is 5.97. The molecule has 2 N–H and O–H groups in total. The third-order valence-corrected chi connectivity index (χ3v) is 3.31. The first kappa shape index (κ1) is 15.7. The Morgan fingerprint density at radius 1 is 1.31 bits per heavy atom. The van der Waals surface area contributed by atoms with Crippen LogP contribution in [0.15, 0.2) is 0 Å². The van der Waals surface area contributed by atoms with Gasteiger partial charge in [-0.3, -0.25) is 4.79 Å². The highest BCUT2D eigenvalue weighted by atomic mass is 35.5. The van der Waals surface area contributed by atoms with Crippen molar-refractivity contribution < 1.29 is 4.79 Å². The fraction of sp³-hybridized carbons (Fsp3) is 0.917. The maximum Gasteiger partial charge on any atom is 0.221 e. The van der Waals surface area contributed by atoms with Crippen molar-refractivity contribution in [2.75, 3.05) is 13.6 Å². The molecule has 4 heteroatoms. The number of carbonyl (C=O) groups excluding carboxylic acids is 1. The van der Waals surface area contributed by atoms with E-state index in [1.807, 2.05) is 7.05 Å². The first-order chi connectivity index (χ1) is 7.03. The second-order valence-electron chi connectivity index (χ2n) is 5.36. The third-order valence-electron chi connectivity index (χ3n) is 3.31. The van der Waals surface area contributed by atoms with Gasteiger partial charge in [0.1, 0.15) is 0 Å². The molecule has 0 aromatic heterocycles. The largest absolute Gasteiger partial charge is 0.353 e. The van der Waals surface area contributed by atoms with Gasteiger partial charge in [-0.2, -0.15) is 0 Å². The van der Waals surface area contributed by atoms with Gasteiger partial charge in [0.2, 0.25) is 5.91 Å². The number of carbonyl (C=O) groups is 1. The maximum atomic E-state index is 11.5. The van der Waals surface area contributed by atoms with Crippen LogP contribution in [0.4, 0.5) is 0 Å². The summed E-state index contributed by atoms with van der Waals surface area (Å²) < 4.78 is 0. The van der Waals surface area contributed by atoms with Crippen molar-refractivity contribution in [3.63, 3.8) is 0 Å². The molecule has 96 valence electrons. The summed E-state index contributed by atoms with van der Waals surface area (Å²) in [5.74, 6) is 0.189. The highest BCUT2D eigenvalue weighted by Gasteiger charge is 2.27. The van der Waals surface area contributed by atoms with Crippen molar-refractivity contribution in [2.24, 2.45) is 5.41 Å². The molecular formula is C12H25ClN2O. The van der Waals surface area contributed by atoms with Gasteiger partial charge >= 0.3 is 0 Å². The van der Waals surface area contributed by atoms with Crippen LogP contribution in [0.25, 0.3) is 0 Å². The monoisotopic (exact) mass is 248 g/mol. The second-order valence-corrected chi connectivity index (χ2v) is 5.36. The van der Waals surface area contributed by atoms with Crippen molar-refractivity contribution in [2.45, 2.75) is 52.0 Å². The van der Waals surface area contributed by atoms with Crippen molar-refractivity contribution in [3.05, 3.63) is 0 Å².